The Bertz CT molecular complexity index is 908. The number of tetrazole rings is 1. The molecule has 134 valence electrons. The first-order chi connectivity index (χ1) is 12.5. The molecule has 1 amide bonds. The molecule has 0 saturated carbocycles. The number of hydrogen-bond acceptors (Lipinski definition) is 5. The van der Waals surface area contributed by atoms with Gasteiger partial charge in [0, 0.05) is 13.6 Å². The van der Waals surface area contributed by atoms with Gasteiger partial charge in [-0.15, -0.1) is 5.10 Å². The lowest BCUT2D eigenvalue weighted by Crippen LogP contribution is -2.28. The summed E-state index contributed by atoms with van der Waals surface area (Å²) in [5, 5.41) is 12.4. The fraction of sp³-hybridized carbons (Fsp3) is 0.263. The predicted molar refractivity (Wildman–Crippen MR) is 102 cm³/mol. The second-order valence-corrected chi connectivity index (χ2v) is 7.12. The minimum absolute atomic E-state index is 0.0389. The van der Waals surface area contributed by atoms with Crippen molar-refractivity contribution in [3.8, 4) is 5.69 Å². The Morgan fingerprint density at radius 1 is 1.15 bits per heavy atom. The summed E-state index contributed by atoms with van der Waals surface area (Å²) < 4.78 is 1.66. The highest BCUT2D eigenvalue weighted by Gasteiger charge is 2.15. The van der Waals surface area contributed by atoms with Gasteiger partial charge in [0.15, 0.2) is 0 Å². The summed E-state index contributed by atoms with van der Waals surface area (Å²) in [6, 6.07) is 16.0. The van der Waals surface area contributed by atoms with Crippen LogP contribution in [0.25, 0.3) is 5.69 Å². The van der Waals surface area contributed by atoms with Crippen LogP contribution in [-0.4, -0.2) is 43.8 Å². The number of benzene rings is 2. The Balaban J connectivity index is 1.63. The molecule has 7 heteroatoms. The molecule has 0 radical (unpaired) electrons. The van der Waals surface area contributed by atoms with E-state index in [1.54, 1.807) is 9.58 Å². The Hall–Kier alpha value is -2.67. The first-order valence-electron chi connectivity index (χ1n) is 8.31. The van der Waals surface area contributed by atoms with E-state index in [4.69, 9.17) is 0 Å². The molecule has 3 rings (SSSR count). The van der Waals surface area contributed by atoms with Crippen molar-refractivity contribution in [1.29, 1.82) is 0 Å². The average molecular weight is 367 g/mol. The van der Waals surface area contributed by atoms with E-state index in [0.29, 0.717) is 11.7 Å². The molecule has 0 saturated heterocycles. The zero-order chi connectivity index (χ0) is 18.5. The summed E-state index contributed by atoms with van der Waals surface area (Å²) in [6.45, 7) is 4.66. The molecule has 0 aliphatic carbocycles. The van der Waals surface area contributed by atoms with Crippen LogP contribution in [0.1, 0.15) is 16.7 Å². The third-order valence-electron chi connectivity index (χ3n) is 4.11. The number of hydrogen-bond donors (Lipinski definition) is 0. The van der Waals surface area contributed by atoms with Gasteiger partial charge in [0.1, 0.15) is 0 Å². The number of nitrogens with zero attached hydrogens (tertiary/aromatic N) is 5. The number of aryl methyl sites for hydroxylation is 2. The largest absolute Gasteiger partial charge is 0.341 e. The molecule has 0 aliphatic heterocycles. The molecule has 0 unspecified atom stereocenters. The van der Waals surface area contributed by atoms with E-state index in [0.717, 1.165) is 16.8 Å². The van der Waals surface area contributed by atoms with E-state index < -0.39 is 0 Å². The van der Waals surface area contributed by atoms with Gasteiger partial charge in [0.2, 0.25) is 11.1 Å². The van der Waals surface area contributed by atoms with Crippen LogP contribution in [0.15, 0.2) is 53.7 Å². The van der Waals surface area contributed by atoms with E-state index in [1.165, 1.54) is 17.3 Å². The number of carbonyl (C=O) groups is 1. The highest BCUT2D eigenvalue weighted by atomic mass is 32.2. The van der Waals surface area contributed by atoms with Gasteiger partial charge in [-0.25, -0.2) is 0 Å². The summed E-state index contributed by atoms with van der Waals surface area (Å²) in [6.07, 6.45) is 0. The third-order valence-corrected chi connectivity index (χ3v) is 5.01. The lowest BCUT2D eigenvalue weighted by atomic mass is 10.1. The molecule has 1 aromatic heterocycles. The van der Waals surface area contributed by atoms with Crippen molar-refractivity contribution in [3.05, 3.63) is 65.2 Å². The summed E-state index contributed by atoms with van der Waals surface area (Å²) in [4.78, 5) is 14.2. The van der Waals surface area contributed by atoms with E-state index in [2.05, 4.69) is 28.5 Å². The fourth-order valence-electron chi connectivity index (χ4n) is 2.56. The second-order valence-electron chi connectivity index (χ2n) is 6.18. The molecule has 0 N–H and O–H groups in total. The molecule has 0 bridgehead atoms. The SMILES string of the molecule is Cc1cccc(-n2nnnc2SCC(=O)N(C)Cc2ccccc2C)c1. The monoisotopic (exact) mass is 367 g/mol. The second kappa shape index (κ2) is 8.14. The molecule has 2 aromatic carbocycles. The lowest BCUT2D eigenvalue weighted by Gasteiger charge is -2.18. The van der Waals surface area contributed by atoms with Crippen LogP contribution in [0.2, 0.25) is 0 Å². The van der Waals surface area contributed by atoms with Crippen molar-refractivity contribution in [2.75, 3.05) is 12.8 Å². The maximum atomic E-state index is 12.5. The lowest BCUT2D eigenvalue weighted by molar-refractivity contribution is -0.127. The van der Waals surface area contributed by atoms with Crippen LogP contribution in [0.5, 0.6) is 0 Å². The zero-order valence-electron chi connectivity index (χ0n) is 15.1. The van der Waals surface area contributed by atoms with Crippen molar-refractivity contribution in [3.63, 3.8) is 0 Å². The standard InChI is InChI=1S/C19H21N5OS/c1-14-7-6-10-17(11-14)24-19(20-21-22-24)26-13-18(25)23(3)12-16-9-5-4-8-15(16)2/h4-11H,12-13H2,1-3H3. The minimum Gasteiger partial charge on any atom is -0.341 e. The van der Waals surface area contributed by atoms with Crippen LogP contribution in [0, 0.1) is 13.8 Å². The Labute approximate surface area is 157 Å². The van der Waals surface area contributed by atoms with Gasteiger partial charge in [-0.05, 0) is 53.1 Å². The van der Waals surface area contributed by atoms with Crippen LogP contribution in [0.4, 0.5) is 0 Å². The van der Waals surface area contributed by atoms with E-state index in [-0.39, 0.29) is 11.7 Å². The number of amides is 1. The molecule has 0 aliphatic rings. The number of rotatable bonds is 6. The highest BCUT2D eigenvalue weighted by Crippen LogP contribution is 2.19. The van der Waals surface area contributed by atoms with E-state index in [9.17, 15) is 4.79 Å². The maximum absolute atomic E-state index is 12.5. The Kier molecular flexibility index (Phi) is 5.68. The van der Waals surface area contributed by atoms with Gasteiger partial charge in [-0.3, -0.25) is 4.79 Å². The molecule has 0 spiro atoms. The molecule has 1 heterocycles. The molecule has 6 nitrogen and oxygen atoms in total. The van der Waals surface area contributed by atoms with Gasteiger partial charge in [-0.1, -0.05) is 48.2 Å². The molecular weight excluding hydrogens is 346 g/mol. The van der Waals surface area contributed by atoms with Crippen molar-refractivity contribution < 1.29 is 4.79 Å². The fourth-order valence-corrected chi connectivity index (χ4v) is 3.39. The van der Waals surface area contributed by atoms with Crippen molar-refractivity contribution in [1.82, 2.24) is 25.1 Å². The Morgan fingerprint density at radius 3 is 2.73 bits per heavy atom. The Morgan fingerprint density at radius 2 is 1.96 bits per heavy atom. The summed E-state index contributed by atoms with van der Waals surface area (Å²) in [5.41, 5.74) is 4.35. The quantitative estimate of drug-likeness (QED) is 0.627. The third kappa shape index (κ3) is 4.29. The van der Waals surface area contributed by atoms with Crippen LogP contribution < -0.4 is 0 Å². The number of carbonyl (C=O) groups excluding carboxylic acids is 1. The van der Waals surface area contributed by atoms with Gasteiger partial charge in [-0.2, -0.15) is 4.68 Å². The van der Waals surface area contributed by atoms with Crippen LogP contribution in [0.3, 0.4) is 0 Å². The van der Waals surface area contributed by atoms with Crippen molar-refractivity contribution in [2.24, 2.45) is 0 Å². The molecule has 0 atom stereocenters. The first-order valence-corrected chi connectivity index (χ1v) is 9.30. The highest BCUT2D eigenvalue weighted by molar-refractivity contribution is 7.99. The smallest absolute Gasteiger partial charge is 0.233 e. The average Bonchev–Trinajstić information content (AvgIpc) is 3.10. The van der Waals surface area contributed by atoms with Crippen molar-refractivity contribution >= 4 is 17.7 Å². The van der Waals surface area contributed by atoms with E-state index >= 15 is 0 Å². The predicted octanol–water partition coefficient (Wildman–Crippen LogP) is 3.03. The molecule has 3 aromatic rings. The van der Waals surface area contributed by atoms with Gasteiger partial charge >= 0.3 is 0 Å². The molecule has 0 fully saturated rings. The van der Waals surface area contributed by atoms with Gasteiger partial charge in [0.05, 0.1) is 11.4 Å². The summed E-state index contributed by atoms with van der Waals surface area (Å²) in [7, 11) is 1.82. The van der Waals surface area contributed by atoms with Crippen LogP contribution in [-0.2, 0) is 11.3 Å². The molecule has 26 heavy (non-hydrogen) atoms. The van der Waals surface area contributed by atoms with Gasteiger partial charge in [0.25, 0.3) is 0 Å². The van der Waals surface area contributed by atoms with Crippen molar-refractivity contribution in [2.45, 2.75) is 25.5 Å². The summed E-state index contributed by atoms with van der Waals surface area (Å²) >= 11 is 1.34. The van der Waals surface area contributed by atoms with Gasteiger partial charge < -0.3 is 4.90 Å². The number of aromatic nitrogens is 4. The normalized spacial score (nSPS) is 10.7. The first kappa shape index (κ1) is 18.1. The topological polar surface area (TPSA) is 63.9 Å². The minimum atomic E-state index is 0.0389. The van der Waals surface area contributed by atoms with E-state index in [1.807, 2.05) is 56.4 Å². The summed E-state index contributed by atoms with van der Waals surface area (Å²) in [5.74, 6) is 0.325. The van der Waals surface area contributed by atoms with Crippen LogP contribution >= 0.6 is 11.8 Å². The zero-order valence-corrected chi connectivity index (χ0v) is 15.9. The maximum Gasteiger partial charge on any atom is 0.233 e. The molecular formula is C19H21N5OS. The number of thioether (sulfide) groups is 1.